The first-order valence-corrected chi connectivity index (χ1v) is 5.51. The van der Waals surface area contributed by atoms with Crippen LogP contribution in [0.5, 0.6) is 0 Å². The summed E-state index contributed by atoms with van der Waals surface area (Å²) in [6, 6.07) is 5.13. The second kappa shape index (κ2) is 4.57. The third kappa shape index (κ3) is 2.46. The number of carboxylic acid groups (broad SMARTS) is 1. The molecule has 0 unspecified atom stereocenters. The van der Waals surface area contributed by atoms with Gasteiger partial charge in [0.15, 0.2) is 0 Å². The average molecular weight is 235 g/mol. The maximum Gasteiger partial charge on any atom is 0.407 e. The summed E-state index contributed by atoms with van der Waals surface area (Å²) < 4.78 is 13.4. The van der Waals surface area contributed by atoms with Gasteiger partial charge >= 0.3 is 6.09 Å². The molecule has 1 aliphatic heterocycles. The summed E-state index contributed by atoms with van der Waals surface area (Å²) in [5.74, 6) is -0.218. The van der Waals surface area contributed by atoms with E-state index in [4.69, 9.17) is 5.11 Å². The van der Waals surface area contributed by atoms with E-state index in [1.807, 2.05) is 12.1 Å². The van der Waals surface area contributed by atoms with Crippen molar-refractivity contribution in [2.24, 2.45) is 0 Å². The molecule has 17 heavy (non-hydrogen) atoms. The lowest BCUT2D eigenvalue weighted by molar-refractivity contribution is 0.150. The molecule has 0 atom stereocenters. The van der Waals surface area contributed by atoms with Crippen molar-refractivity contribution in [3.05, 3.63) is 41.2 Å². The van der Waals surface area contributed by atoms with Crippen LogP contribution in [0, 0.1) is 12.7 Å². The molecule has 90 valence electrons. The maximum absolute atomic E-state index is 13.4. The zero-order valence-corrected chi connectivity index (χ0v) is 9.61. The van der Waals surface area contributed by atoms with Gasteiger partial charge in [0, 0.05) is 13.1 Å². The van der Waals surface area contributed by atoms with E-state index in [0.29, 0.717) is 25.1 Å². The molecule has 0 spiro atoms. The van der Waals surface area contributed by atoms with Crippen LogP contribution in [-0.2, 0) is 0 Å². The van der Waals surface area contributed by atoms with Crippen LogP contribution in [0.15, 0.2) is 24.3 Å². The Balaban J connectivity index is 2.19. The summed E-state index contributed by atoms with van der Waals surface area (Å²) in [6.45, 7) is 2.57. The molecule has 1 aromatic carbocycles. The SMILES string of the molecule is Cc1ccc(C2=CCN(C(=O)O)CC2)cc1F. The van der Waals surface area contributed by atoms with Gasteiger partial charge in [-0.2, -0.15) is 0 Å². The number of hydrogen-bond acceptors (Lipinski definition) is 1. The van der Waals surface area contributed by atoms with Gasteiger partial charge < -0.3 is 10.0 Å². The van der Waals surface area contributed by atoms with Gasteiger partial charge in [-0.3, -0.25) is 0 Å². The molecule has 4 heteroatoms. The van der Waals surface area contributed by atoms with Gasteiger partial charge in [0.25, 0.3) is 0 Å². The highest BCUT2D eigenvalue weighted by molar-refractivity contribution is 5.71. The second-order valence-corrected chi connectivity index (χ2v) is 4.17. The third-order valence-electron chi connectivity index (χ3n) is 3.02. The van der Waals surface area contributed by atoms with E-state index in [1.54, 1.807) is 13.0 Å². The van der Waals surface area contributed by atoms with Gasteiger partial charge in [-0.1, -0.05) is 18.2 Å². The van der Waals surface area contributed by atoms with Crippen molar-refractivity contribution in [2.45, 2.75) is 13.3 Å². The quantitative estimate of drug-likeness (QED) is 0.813. The Labute approximate surface area is 99.2 Å². The molecule has 0 saturated heterocycles. The van der Waals surface area contributed by atoms with Gasteiger partial charge in [-0.25, -0.2) is 9.18 Å². The Morgan fingerprint density at radius 3 is 2.76 bits per heavy atom. The van der Waals surface area contributed by atoms with E-state index < -0.39 is 6.09 Å². The summed E-state index contributed by atoms with van der Waals surface area (Å²) >= 11 is 0. The van der Waals surface area contributed by atoms with Crippen LogP contribution in [0.25, 0.3) is 5.57 Å². The van der Waals surface area contributed by atoms with Crippen molar-refractivity contribution >= 4 is 11.7 Å². The van der Waals surface area contributed by atoms with Gasteiger partial charge in [0.1, 0.15) is 5.82 Å². The van der Waals surface area contributed by atoms with Crippen molar-refractivity contribution in [2.75, 3.05) is 13.1 Å². The number of amides is 1. The van der Waals surface area contributed by atoms with E-state index in [0.717, 1.165) is 11.1 Å². The smallest absolute Gasteiger partial charge is 0.407 e. The van der Waals surface area contributed by atoms with E-state index in [2.05, 4.69) is 0 Å². The number of nitrogens with zero attached hydrogens (tertiary/aromatic N) is 1. The highest BCUT2D eigenvalue weighted by atomic mass is 19.1. The first-order chi connectivity index (χ1) is 8.08. The van der Waals surface area contributed by atoms with Gasteiger partial charge in [0.05, 0.1) is 0 Å². The second-order valence-electron chi connectivity index (χ2n) is 4.17. The number of carbonyl (C=O) groups is 1. The monoisotopic (exact) mass is 235 g/mol. The topological polar surface area (TPSA) is 40.5 Å². The van der Waals surface area contributed by atoms with Crippen LogP contribution < -0.4 is 0 Å². The van der Waals surface area contributed by atoms with Crippen LogP contribution in [-0.4, -0.2) is 29.2 Å². The predicted octanol–water partition coefficient (Wildman–Crippen LogP) is 2.90. The summed E-state index contributed by atoms with van der Waals surface area (Å²) in [6.07, 6.45) is 1.58. The minimum Gasteiger partial charge on any atom is -0.465 e. The largest absolute Gasteiger partial charge is 0.465 e. The molecule has 0 fully saturated rings. The van der Waals surface area contributed by atoms with Gasteiger partial charge in [-0.05, 0) is 36.1 Å². The molecule has 1 heterocycles. The van der Waals surface area contributed by atoms with Crippen molar-refractivity contribution in [1.29, 1.82) is 0 Å². The Hall–Kier alpha value is -1.84. The Kier molecular flexibility index (Phi) is 3.13. The van der Waals surface area contributed by atoms with Crippen LogP contribution in [0.2, 0.25) is 0 Å². The number of rotatable bonds is 1. The van der Waals surface area contributed by atoms with Crippen LogP contribution in [0.3, 0.4) is 0 Å². The Bertz CT molecular complexity index is 482. The van der Waals surface area contributed by atoms with Crippen molar-refractivity contribution in [1.82, 2.24) is 4.90 Å². The fourth-order valence-corrected chi connectivity index (χ4v) is 1.90. The standard InChI is InChI=1S/C13H14FNO2/c1-9-2-3-11(8-12(9)14)10-4-6-15(7-5-10)13(16)17/h2-4,8H,5-7H2,1H3,(H,16,17). The molecule has 3 nitrogen and oxygen atoms in total. The minimum absolute atomic E-state index is 0.218. The van der Waals surface area contributed by atoms with E-state index in [-0.39, 0.29) is 5.82 Å². The summed E-state index contributed by atoms with van der Waals surface area (Å²) in [5.41, 5.74) is 2.48. The molecule has 0 aromatic heterocycles. The highest BCUT2D eigenvalue weighted by Gasteiger charge is 2.16. The first-order valence-electron chi connectivity index (χ1n) is 5.51. The molecule has 0 radical (unpaired) electrons. The van der Waals surface area contributed by atoms with Crippen molar-refractivity contribution < 1.29 is 14.3 Å². The first kappa shape index (κ1) is 11.6. The normalized spacial score (nSPS) is 15.6. The lowest BCUT2D eigenvalue weighted by atomic mass is 9.98. The number of benzene rings is 1. The van der Waals surface area contributed by atoms with E-state index >= 15 is 0 Å². The number of hydrogen-bond donors (Lipinski definition) is 1. The molecule has 2 rings (SSSR count). The third-order valence-corrected chi connectivity index (χ3v) is 3.02. The molecule has 1 N–H and O–H groups in total. The Morgan fingerprint density at radius 2 is 2.24 bits per heavy atom. The van der Waals surface area contributed by atoms with E-state index in [9.17, 15) is 9.18 Å². The van der Waals surface area contributed by atoms with E-state index in [1.165, 1.54) is 11.0 Å². The highest BCUT2D eigenvalue weighted by Crippen LogP contribution is 2.23. The lowest BCUT2D eigenvalue weighted by Crippen LogP contribution is -2.33. The summed E-state index contributed by atoms with van der Waals surface area (Å²) in [7, 11) is 0. The van der Waals surface area contributed by atoms with Gasteiger partial charge in [-0.15, -0.1) is 0 Å². The molecule has 1 aliphatic rings. The van der Waals surface area contributed by atoms with Crippen molar-refractivity contribution in [3.8, 4) is 0 Å². The molecule has 0 aliphatic carbocycles. The lowest BCUT2D eigenvalue weighted by Gasteiger charge is -2.23. The molecular formula is C13H14FNO2. The fourth-order valence-electron chi connectivity index (χ4n) is 1.90. The Morgan fingerprint density at radius 1 is 1.47 bits per heavy atom. The number of halogens is 1. The zero-order valence-electron chi connectivity index (χ0n) is 9.61. The van der Waals surface area contributed by atoms with Crippen LogP contribution in [0.1, 0.15) is 17.5 Å². The van der Waals surface area contributed by atoms with Crippen molar-refractivity contribution in [3.63, 3.8) is 0 Å². The number of aryl methyl sites for hydroxylation is 1. The fraction of sp³-hybridized carbons (Fsp3) is 0.308. The maximum atomic E-state index is 13.4. The van der Waals surface area contributed by atoms with Crippen LogP contribution in [0.4, 0.5) is 9.18 Å². The summed E-state index contributed by atoms with van der Waals surface area (Å²) in [4.78, 5) is 12.1. The molecular weight excluding hydrogens is 221 g/mol. The van der Waals surface area contributed by atoms with Crippen LogP contribution >= 0.6 is 0 Å². The predicted molar refractivity (Wildman–Crippen MR) is 63.3 cm³/mol. The molecule has 1 amide bonds. The molecule has 1 aromatic rings. The summed E-state index contributed by atoms with van der Waals surface area (Å²) in [5, 5.41) is 8.81. The molecule has 0 saturated carbocycles. The average Bonchev–Trinajstić information content (AvgIpc) is 2.33. The molecule has 0 bridgehead atoms. The zero-order chi connectivity index (χ0) is 12.4. The minimum atomic E-state index is -0.907. The van der Waals surface area contributed by atoms with Gasteiger partial charge in [0.2, 0.25) is 0 Å².